The molecule has 0 aliphatic rings. The van der Waals surface area contributed by atoms with Crippen LogP contribution in [0.25, 0.3) is 0 Å². The number of benzene rings is 1. The van der Waals surface area contributed by atoms with Crippen molar-refractivity contribution in [1.82, 2.24) is 4.90 Å². The fourth-order valence-corrected chi connectivity index (χ4v) is 3.07. The van der Waals surface area contributed by atoms with Gasteiger partial charge in [-0.3, -0.25) is 4.79 Å². The van der Waals surface area contributed by atoms with E-state index in [-0.39, 0.29) is 12.1 Å². The molecule has 0 radical (unpaired) electrons. The van der Waals surface area contributed by atoms with E-state index in [9.17, 15) is 4.79 Å². The number of hydrogen-bond donors (Lipinski definition) is 0. The lowest BCUT2D eigenvalue weighted by molar-refractivity contribution is -0.153. The Labute approximate surface area is 166 Å². The first-order valence-electron chi connectivity index (χ1n) is 10.7. The number of rotatable bonds is 16. The van der Waals surface area contributed by atoms with Crippen molar-refractivity contribution < 1.29 is 14.3 Å². The van der Waals surface area contributed by atoms with Gasteiger partial charge in [-0.2, -0.15) is 0 Å². The highest BCUT2D eigenvalue weighted by atomic mass is 16.6. The summed E-state index contributed by atoms with van der Waals surface area (Å²) in [7, 11) is 0. The molecular weight excluding hydrogens is 338 g/mol. The molecule has 1 unspecified atom stereocenters. The van der Waals surface area contributed by atoms with Crippen LogP contribution < -0.4 is 0 Å². The van der Waals surface area contributed by atoms with E-state index in [2.05, 4.69) is 25.7 Å². The first-order chi connectivity index (χ1) is 13.2. The minimum absolute atomic E-state index is 0.0917. The highest BCUT2D eigenvalue weighted by Gasteiger charge is 2.17. The molecule has 0 saturated carbocycles. The number of unbranched alkanes of at least 4 members (excludes halogenated alkanes) is 5. The van der Waals surface area contributed by atoms with Crippen LogP contribution in [0.3, 0.4) is 0 Å². The van der Waals surface area contributed by atoms with E-state index in [4.69, 9.17) is 9.47 Å². The average Bonchev–Trinajstić information content (AvgIpc) is 2.69. The molecular formula is C23H39NO3. The van der Waals surface area contributed by atoms with Gasteiger partial charge in [0.05, 0.1) is 13.2 Å². The second kappa shape index (κ2) is 15.6. The maximum atomic E-state index is 12.2. The van der Waals surface area contributed by atoms with Crippen LogP contribution in [0.1, 0.15) is 71.3 Å². The van der Waals surface area contributed by atoms with Gasteiger partial charge in [0.2, 0.25) is 0 Å². The van der Waals surface area contributed by atoms with Crippen molar-refractivity contribution in [1.29, 1.82) is 0 Å². The molecule has 1 atom stereocenters. The van der Waals surface area contributed by atoms with Crippen LogP contribution in [-0.2, 0) is 20.9 Å². The van der Waals surface area contributed by atoms with E-state index in [0.717, 1.165) is 38.0 Å². The summed E-state index contributed by atoms with van der Waals surface area (Å²) >= 11 is 0. The van der Waals surface area contributed by atoms with E-state index in [1.54, 1.807) is 0 Å². The molecule has 4 nitrogen and oxygen atoms in total. The molecule has 0 amide bonds. The maximum absolute atomic E-state index is 12.2. The van der Waals surface area contributed by atoms with Crippen LogP contribution in [-0.4, -0.2) is 43.2 Å². The van der Waals surface area contributed by atoms with Gasteiger partial charge in [0, 0.05) is 13.0 Å². The molecule has 0 saturated heterocycles. The Morgan fingerprint density at radius 2 is 1.63 bits per heavy atom. The van der Waals surface area contributed by atoms with E-state index < -0.39 is 0 Å². The van der Waals surface area contributed by atoms with Crippen molar-refractivity contribution >= 4 is 5.97 Å². The molecule has 0 heterocycles. The van der Waals surface area contributed by atoms with Gasteiger partial charge in [-0.05, 0) is 25.1 Å². The zero-order chi connectivity index (χ0) is 19.7. The number of carbonyl (C=O) groups is 1. The molecule has 0 bridgehead atoms. The Kier molecular flexibility index (Phi) is 13.7. The summed E-state index contributed by atoms with van der Waals surface area (Å²) in [5, 5.41) is 0. The van der Waals surface area contributed by atoms with E-state index in [1.807, 2.05) is 30.3 Å². The van der Waals surface area contributed by atoms with Gasteiger partial charge in [0.1, 0.15) is 6.10 Å². The average molecular weight is 378 g/mol. The van der Waals surface area contributed by atoms with Crippen molar-refractivity contribution in [3.63, 3.8) is 0 Å². The molecule has 1 aromatic rings. The molecule has 0 N–H and O–H groups in total. The van der Waals surface area contributed by atoms with Crippen LogP contribution in [0.2, 0.25) is 0 Å². The van der Waals surface area contributed by atoms with Gasteiger partial charge in [-0.15, -0.1) is 0 Å². The summed E-state index contributed by atoms with van der Waals surface area (Å²) in [6.07, 6.45) is 7.35. The lowest BCUT2D eigenvalue weighted by Gasteiger charge is -2.25. The second-order valence-electron chi connectivity index (χ2n) is 7.12. The first-order valence-corrected chi connectivity index (χ1v) is 10.7. The monoisotopic (exact) mass is 377 g/mol. The van der Waals surface area contributed by atoms with Crippen molar-refractivity contribution in [2.75, 3.05) is 26.2 Å². The highest BCUT2D eigenvalue weighted by molar-refractivity contribution is 5.69. The molecule has 0 aliphatic carbocycles. The molecule has 0 aliphatic heterocycles. The summed E-state index contributed by atoms with van der Waals surface area (Å²) < 4.78 is 11.6. The van der Waals surface area contributed by atoms with Gasteiger partial charge in [-0.25, -0.2) is 0 Å². The molecule has 1 aromatic carbocycles. The predicted octanol–water partition coefficient (Wildman–Crippen LogP) is 5.21. The summed E-state index contributed by atoms with van der Waals surface area (Å²) in [4.78, 5) is 14.5. The number of esters is 1. The van der Waals surface area contributed by atoms with Gasteiger partial charge in [0.25, 0.3) is 0 Å². The number of hydrogen-bond acceptors (Lipinski definition) is 4. The largest absolute Gasteiger partial charge is 0.459 e. The molecule has 4 heteroatoms. The van der Waals surface area contributed by atoms with Gasteiger partial charge in [-0.1, -0.05) is 83.2 Å². The number of ether oxygens (including phenoxy) is 2. The number of carbonyl (C=O) groups excluding carboxylic acids is 1. The standard InChI is InChI=1S/C23H39NO3/c1-4-7-8-9-10-14-17-23(25)27-22(18-24(5-2)6-3)20-26-19-21-15-12-11-13-16-21/h11-13,15-16,22H,4-10,14,17-20H2,1-3H3. The predicted molar refractivity (Wildman–Crippen MR) is 112 cm³/mol. The fraction of sp³-hybridized carbons (Fsp3) is 0.696. The molecule has 0 spiro atoms. The molecule has 0 fully saturated rings. The van der Waals surface area contributed by atoms with Crippen LogP contribution >= 0.6 is 0 Å². The minimum atomic E-state index is -0.207. The topological polar surface area (TPSA) is 38.8 Å². The Hall–Kier alpha value is -1.39. The number of nitrogens with zero attached hydrogens (tertiary/aromatic N) is 1. The Balaban J connectivity index is 2.37. The van der Waals surface area contributed by atoms with Gasteiger partial charge >= 0.3 is 5.97 Å². The summed E-state index contributed by atoms with van der Waals surface area (Å²) in [6.45, 7) is 10.1. The Morgan fingerprint density at radius 1 is 0.963 bits per heavy atom. The fourth-order valence-electron chi connectivity index (χ4n) is 3.07. The minimum Gasteiger partial charge on any atom is -0.459 e. The van der Waals surface area contributed by atoms with Crippen LogP contribution in [0.15, 0.2) is 30.3 Å². The molecule has 154 valence electrons. The quantitative estimate of drug-likeness (QED) is 0.293. The van der Waals surface area contributed by atoms with Crippen LogP contribution in [0.4, 0.5) is 0 Å². The smallest absolute Gasteiger partial charge is 0.306 e. The van der Waals surface area contributed by atoms with Gasteiger partial charge < -0.3 is 14.4 Å². The SMILES string of the molecule is CCCCCCCCC(=O)OC(COCc1ccccc1)CN(CC)CC. The summed E-state index contributed by atoms with van der Waals surface area (Å²) in [6, 6.07) is 10.1. The molecule has 0 aromatic heterocycles. The molecule has 27 heavy (non-hydrogen) atoms. The van der Waals surface area contributed by atoms with Gasteiger partial charge in [0.15, 0.2) is 0 Å². The third-order valence-corrected chi connectivity index (χ3v) is 4.80. The van der Waals surface area contributed by atoms with E-state index in [1.165, 1.54) is 25.7 Å². The van der Waals surface area contributed by atoms with Crippen molar-refractivity contribution in [2.45, 2.75) is 78.4 Å². The van der Waals surface area contributed by atoms with Crippen LogP contribution in [0.5, 0.6) is 0 Å². The summed E-state index contributed by atoms with van der Waals surface area (Å²) in [5.41, 5.74) is 1.14. The Bertz CT molecular complexity index is 474. The second-order valence-corrected chi connectivity index (χ2v) is 7.12. The third kappa shape index (κ3) is 11.8. The van der Waals surface area contributed by atoms with Crippen molar-refractivity contribution in [3.05, 3.63) is 35.9 Å². The van der Waals surface area contributed by atoms with Crippen molar-refractivity contribution in [2.24, 2.45) is 0 Å². The Morgan fingerprint density at radius 3 is 2.30 bits per heavy atom. The summed E-state index contributed by atoms with van der Waals surface area (Å²) in [5.74, 6) is -0.0917. The molecule has 1 rings (SSSR count). The van der Waals surface area contributed by atoms with Crippen LogP contribution in [0, 0.1) is 0 Å². The zero-order valence-electron chi connectivity index (χ0n) is 17.6. The first kappa shape index (κ1) is 23.6. The van der Waals surface area contributed by atoms with E-state index >= 15 is 0 Å². The maximum Gasteiger partial charge on any atom is 0.306 e. The zero-order valence-corrected chi connectivity index (χ0v) is 17.6. The lowest BCUT2D eigenvalue weighted by Crippen LogP contribution is -2.37. The van der Waals surface area contributed by atoms with E-state index in [0.29, 0.717) is 19.6 Å². The lowest BCUT2D eigenvalue weighted by atomic mass is 10.1. The number of likely N-dealkylation sites (N-methyl/N-ethyl adjacent to an activating group) is 1. The van der Waals surface area contributed by atoms with Crippen molar-refractivity contribution in [3.8, 4) is 0 Å². The third-order valence-electron chi connectivity index (χ3n) is 4.80. The normalized spacial score (nSPS) is 12.3. The highest BCUT2D eigenvalue weighted by Crippen LogP contribution is 2.10.